The van der Waals surface area contributed by atoms with Crippen molar-refractivity contribution in [2.75, 3.05) is 5.32 Å². The number of ketones is 1. The number of amides is 1. The second-order valence-electron chi connectivity index (χ2n) is 6.22. The van der Waals surface area contributed by atoms with E-state index in [9.17, 15) is 9.59 Å². The average Bonchev–Trinajstić information content (AvgIpc) is 3.05. The Hall–Kier alpha value is -2.89. The molecule has 2 N–H and O–H groups in total. The molecule has 0 saturated carbocycles. The molecule has 0 atom stereocenters. The van der Waals surface area contributed by atoms with E-state index in [2.05, 4.69) is 26.2 Å². The van der Waals surface area contributed by atoms with E-state index < -0.39 is 0 Å². The Kier molecular flexibility index (Phi) is 5.03. The lowest BCUT2D eigenvalue weighted by atomic mass is 10.1. The van der Waals surface area contributed by atoms with E-state index in [1.165, 1.54) is 0 Å². The topological polar surface area (TPSA) is 62.0 Å². The summed E-state index contributed by atoms with van der Waals surface area (Å²) in [7, 11) is 0. The fourth-order valence-electron chi connectivity index (χ4n) is 2.99. The Bertz CT molecular complexity index is 1180. The molecule has 1 heterocycles. The summed E-state index contributed by atoms with van der Waals surface area (Å²) in [6, 6.07) is 21.2. The van der Waals surface area contributed by atoms with Crippen molar-refractivity contribution in [3.63, 3.8) is 0 Å². The van der Waals surface area contributed by atoms with Gasteiger partial charge in [-0.05, 0) is 42.5 Å². The molecule has 0 aliphatic carbocycles. The van der Waals surface area contributed by atoms with Gasteiger partial charge in [0.1, 0.15) is 5.69 Å². The van der Waals surface area contributed by atoms with Gasteiger partial charge in [0.2, 0.25) is 5.78 Å². The number of aromatic amines is 1. The molecular weight excluding hydrogens is 440 g/mol. The second kappa shape index (κ2) is 7.62. The minimum Gasteiger partial charge on any atom is -0.350 e. The number of rotatable bonds is 4. The van der Waals surface area contributed by atoms with Crippen LogP contribution in [0, 0.1) is 0 Å². The van der Waals surface area contributed by atoms with Gasteiger partial charge in [-0.2, -0.15) is 0 Å². The highest BCUT2D eigenvalue weighted by Gasteiger charge is 2.21. The van der Waals surface area contributed by atoms with Gasteiger partial charge in [-0.3, -0.25) is 9.59 Å². The van der Waals surface area contributed by atoms with Crippen LogP contribution in [0.5, 0.6) is 0 Å². The summed E-state index contributed by atoms with van der Waals surface area (Å²) in [6.45, 7) is 0. The monoisotopic (exact) mass is 452 g/mol. The van der Waals surface area contributed by atoms with Crippen LogP contribution in [0.15, 0.2) is 77.3 Å². The number of H-pyrrole nitrogens is 1. The molecule has 4 rings (SSSR count). The molecule has 4 nitrogen and oxygen atoms in total. The van der Waals surface area contributed by atoms with Crippen molar-refractivity contribution in [1.29, 1.82) is 0 Å². The van der Waals surface area contributed by atoms with Gasteiger partial charge in [-0.1, -0.05) is 57.9 Å². The van der Waals surface area contributed by atoms with E-state index in [0.717, 1.165) is 4.47 Å². The molecule has 0 radical (unpaired) electrons. The minimum atomic E-state index is -0.300. The third kappa shape index (κ3) is 3.59. The Morgan fingerprint density at radius 1 is 0.893 bits per heavy atom. The normalized spacial score (nSPS) is 10.8. The molecule has 0 saturated heterocycles. The zero-order chi connectivity index (χ0) is 19.7. The highest BCUT2D eigenvalue weighted by Crippen LogP contribution is 2.31. The number of benzene rings is 3. The second-order valence-corrected chi connectivity index (χ2v) is 7.57. The molecule has 138 valence electrons. The van der Waals surface area contributed by atoms with Gasteiger partial charge in [0, 0.05) is 31.5 Å². The molecule has 0 aliphatic rings. The lowest BCUT2D eigenvalue weighted by Crippen LogP contribution is -2.14. The van der Waals surface area contributed by atoms with Crippen LogP contribution in [0.25, 0.3) is 10.9 Å². The maximum absolute atomic E-state index is 13.1. The van der Waals surface area contributed by atoms with Crippen molar-refractivity contribution in [2.45, 2.75) is 0 Å². The Morgan fingerprint density at radius 3 is 2.32 bits per heavy atom. The third-order valence-corrected chi connectivity index (χ3v) is 5.13. The van der Waals surface area contributed by atoms with Crippen LogP contribution in [-0.4, -0.2) is 16.7 Å². The molecular formula is C22H14BrClN2O2. The highest BCUT2D eigenvalue weighted by molar-refractivity contribution is 9.10. The van der Waals surface area contributed by atoms with Crippen LogP contribution in [0.1, 0.15) is 26.4 Å². The van der Waals surface area contributed by atoms with Gasteiger partial charge in [0.15, 0.2) is 0 Å². The SMILES string of the molecule is O=C(Nc1c(C(=O)c2ccccc2)[nH]c2cc(Cl)ccc12)c1ccc(Br)cc1. The number of hydrogen-bond donors (Lipinski definition) is 2. The molecule has 0 fully saturated rings. The van der Waals surface area contributed by atoms with Crippen molar-refractivity contribution in [3.8, 4) is 0 Å². The van der Waals surface area contributed by atoms with E-state index >= 15 is 0 Å². The lowest BCUT2D eigenvalue weighted by Gasteiger charge is -2.08. The average molecular weight is 454 g/mol. The standard InChI is InChI=1S/C22H14BrClN2O2/c23-15-8-6-14(7-9-15)22(28)26-19-17-11-10-16(24)12-18(17)25-20(19)21(27)13-4-2-1-3-5-13/h1-12,25H,(H,26,28). The van der Waals surface area contributed by atoms with Crippen LogP contribution < -0.4 is 5.32 Å². The third-order valence-electron chi connectivity index (χ3n) is 4.37. The summed E-state index contributed by atoms with van der Waals surface area (Å²) in [4.78, 5) is 28.9. The fraction of sp³-hybridized carbons (Fsp3) is 0. The van der Waals surface area contributed by atoms with E-state index in [-0.39, 0.29) is 11.7 Å². The zero-order valence-electron chi connectivity index (χ0n) is 14.5. The molecule has 6 heteroatoms. The number of halogens is 2. The Labute approximate surface area is 174 Å². The summed E-state index contributed by atoms with van der Waals surface area (Å²) in [5, 5.41) is 4.15. The zero-order valence-corrected chi connectivity index (χ0v) is 16.8. The predicted molar refractivity (Wildman–Crippen MR) is 115 cm³/mol. The quantitative estimate of drug-likeness (QED) is 0.369. The van der Waals surface area contributed by atoms with Gasteiger partial charge >= 0.3 is 0 Å². The summed E-state index contributed by atoms with van der Waals surface area (Å²) in [5.74, 6) is -0.510. The molecule has 1 amide bonds. The van der Waals surface area contributed by atoms with E-state index in [1.54, 1.807) is 66.7 Å². The van der Waals surface area contributed by atoms with Crippen LogP contribution in [0.4, 0.5) is 5.69 Å². The number of carbonyl (C=O) groups is 2. The van der Waals surface area contributed by atoms with Gasteiger partial charge < -0.3 is 10.3 Å². The lowest BCUT2D eigenvalue weighted by molar-refractivity contribution is 0.102. The number of fused-ring (bicyclic) bond motifs is 1. The van der Waals surface area contributed by atoms with Crippen LogP contribution >= 0.6 is 27.5 Å². The Morgan fingerprint density at radius 2 is 1.61 bits per heavy atom. The molecule has 0 spiro atoms. The summed E-state index contributed by atoms with van der Waals surface area (Å²) in [6.07, 6.45) is 0. The first-order valence-corrected chi connectivity index (χ1v) is 9.68. The van der Waals surface area contributed by atoms with E-state index in [4.69, 9.17) is 11.6 Å². The number of hydrogen-bond acceptors (Lipinski definition) is 2. The molecule has 0 unspecified atom stereocenters. The van der Waals surface area contributed by atoms with Gasteiger partial charge in [0.25, 0.3) is 5.91 Å². The van der Waals surface area contributed by atoms with Gasteiger partial charge in [-0.15, -0.1) is 0 Å². The minimum absolute atomic E-state index is 0.209. The molecule has 1 aromatic heterocycles. The van der Waals surface area contributed by atoms with Crippen molar-refractivity contribution >= 4 is 55.8 Å². The van der Waals surface area contributed by atoms with Gasteiger partial charge in [0.05, 0.1) is 5.69 Å². The molecule has 28 heavy (non-hydrogen) atoms. The summed E-state index contributed by atoms with van der Waals surface area (Å²) >= 11 is 9.45. The largest absolute Gasteiger partial charge is 0.350 e. The summed E-state index contributed by atoms with van der Waals surface area (Å²) < 4.78 is 0.880. The summed E-state index contributed by atoms with van der Waals surface area (Å²) in [5.41, 5.74) is 2.45. The smallest absolute Gasteiger partial charge is 0.255 e. The van der Waals surface area contributed by atoms with Crippen molar-refractivity contribution in [2.24, 2.45) is 0 Å². The van der Waals surface area contributed by atoms with Crippen LogP contribution in [0.3, 0.4) is 0 Å². The number of nitrogens with one attached hydrogen (secondary N) is 2. The van der Waals surface area contributed by atoms with Crippen molar-refractivity contribution < 1.29 is 9.59 Å². The van der Waals surface area contributed by atoms with E-state index in [0.29, 0.717) is 38.4 Å². The predicted octanol–water partition coefficient (Wildman–Crippen LogP) is 6.07. The Balaban J connectivity index is 1.80. The van der Waals surface area contributed by atoms with Gasteiger partial charge in [-0.25, -0.2) is 0 Å². The van der Waals surface area contributed by atoms with Crippen molar-refractivity contribution in [3.05, 3.63) is 99.1 Å². The number of carbonyl (C=O) groups excluding carboxylic acids is 2. The number of anilines is 1. The van der Waals surface area contributed by atoms with Crippen molar-refractivity contribution in [1.82, 2.24) is 4.98 Å². The first kappa shape index (κ1) is 18.5. The maximum atomic E-state index is 13.1. The number of aromatic nitrogens is 1. The van der Waals surface area contributed by atoms with Crippen LogP contribution in [-0.2, 0) is 0 Å². The van der Waals surface area contributed by atoms with E-state index in [1.807, 2.05) is 6.07 Å². The maximum Gasteiger partial charge on any atom is 0.255 e. The first-order valence-electron chi connectivity index (χ1n) is 8.51. The van der Waals surface area contributed by atoms with Crippen LogP contribution in [0.2, 0.25) is 5.02 Å². The molecule has 4 aromatic rings. The molecule has 0 bridgehead atoms. The highest BCUT2D eigenvalue weighted by atomic mass is 79.9. The molecule has 0 aliphatic heterocycles. The molecule has 3 aromatic carbocycles. The fourth-order valence-corrected chi connectivity index (χ4v) is 3.43. The first-order chi connectivity index (χ1) is 13.5.